The van der Waals surface area contributed by atoms with E-state index in [0.29, 0.717) is 12.0 Å². The van der Waals surface area contributed by atoms with Crippen LogP contribution in [0.1, 0.15) is 22.9 Å². The third-order valence-corrected chi connectivity index (χ3v) is 6.19. The standard InChI is InChI=1S/C21H20NO3S.BrH/c1-26(24,25)19-12-10-17(11-13-19)21(23)15-18-9-5-6-14-22(18)20(21)16-7-3-2-4-8-16;/h2-14,20,23H,15H2,1H3;1H/q+1;/p-1. The molecule has 0 spiro atoms. The lowest BCUT2D eigenvalue weighted by Gasteiger charge is -2.26. The molecule has 0 fully saturated rings. The third-order valence-electron chi connectivity index (χ3n) is 5.06. The summed E-state index contributed by atoms with van der Waals surface area (Å²) in [5.74, 6) is 0. The van der Waals surface area contributed by atoms with Crippen molar-refractivity contribution in [3.8, 4) is 0 Å². The highest BCUT2D eigenvalue weighted by molar-refractivity contribution is 7.90. The van der Waals surface area contributed by atoms with Crippen molar-refractivity contribution in [2.75, 3.05) is 6.26 Å². The Labute approximate surface area is 169 Å². The molecule has 6 heteroatoms. The molecule has 3 aromatic rings. The molecule has 1 N–H and O–H groups in total. The first kappa shape index (κ1) is 19.7. The Hall–Kier alpha value is -2.02. The molecule has 27 heavy (non-hydrogen) atoms. The zero-order valence-electron chi connectivity index (χ0n) is 14.8. The summed E-state index contributed by atoms with van der Waals surface area (Å²) in [5, 5.41) is 11.7. The maximum atomic E-state index is 11.7. The molecule has 0 amide bonds. The second-order valence-corrected chi connectivity index (χ2v) is 8.83. The summed E-state index contributed by atoms with van der Waals surface area (Å²) < 4.78 is 25.6. The average Bonchev–Trinajstić information content (AvgIpc) is 2.95. The lowest BCUT2D eigenvalue weighted by molar-refractivity contribution is -0.717. The average molecular weight is 446 g/mol. The van der Waals surface area contributed by atoms with Gasteiger partial charge in [-0.15, -0.1) is 0 Å². The van der Waals surface area contributed by atoms with Crippen molar-refractivity contribution >= 4 is 9.84 Å². The quantitative estimate of drug-likeness (QED) is 0.548. The minimum Gasteiger partial charge on any atom is -1.00 e. The van der Waals surface area contributed by atoms with E-state index >= 15 is 0 Å². The minimum atomic E-state index is -3.27. The molecule has 4 rings (SSSR count). The first-order valence-corrected chi connectivity index (χ1v) is 10.4. The van der Waals surface area contributed by atoms with Crippen molar-refractivity contribution in [2.24, 2.45) is 0 Å². The van der Waals surface area contributed by atoms with Crippen LogP contribution in [-0.4, -0.2) is 19.8 Å². The lowest BCUT2D eigenvalue weighted by atomic mass is 9.82. The van der Waals surface area contributed by atoms with Crippen LogP contribution in [0, 0.1) is 0 Å². The van der Waals surface area contributed by atoms with Crippen LogP contribution in [0.2, 0.25) is 0 Å². The smallest absolute Gasteiger partial charge is 0.216 e. The zero-order valence-corrected chi connectivity index (χ0v) is 17.2. The van der Waals surface area contributed by atoms with Crippen molar-refractivity contribution in [1.29, 1.82) is 0 Å². The second kappa shape index (κ2) is 7.19. The molecule has 0 saturated carbocycles. The fourth-order valence-electron chi connectivity index (χ4n) is 3.82. The first-order valence-electron chi connectivity index (χ1n) is 8.46. The topological polar surface area (TPSA) is 58.3 Å². The van der Waals surface area contributed by atoms with Gasteiger partial charge in [0.1, 0.15) is 0 Å². The molecule has 0 saturated heterocycles. The van der Waals surface area contributed by atoms with Crippen molar-refractivity contribution < 1.29 is 35.1 Å². The van der Waals surface area contributed by atoms with Gasteiger partial charge >= 0.3 is 0 Å². The van der Waals surface area contributed by atoms with Crippen LogP contribution >= 0.6 is 0 Å². The van der Waals surface area contributed by atoms with Gasteiger partial charge in [-0.1, -0.05) is 48.5 Å². The maximum absolute atomic E-state index is 11.7. The van der Waals surface area contributed by atoms with E-state index in [4.69, 9.17) is 0 Å². The van der Waals surface area contributed by atoms with Crippen LogP contribution in [0.3, 0.4) is 0 Å². The van der Waals surface area contributed by atoms with Gasteiger partial charge in [0.25, 0.3) is 0 Å². The monoisotopic (exact) mass is 445 g/mol. The second-order valence-electron chi connectivity index (χ2n) is 6.81. The molecule has 1 aromatic heterocycles. The normalized spacial score (nSPS) is 21.3. The van der Waals surface area contributed by atoms with Crippen LogP contribution in [0.15, 0.2) is 83.9 Å². The summed E-state index contributed by atoms with van der Waals surface area (Å²) in [6.07, 6.45) is 3.63. The van der Waals surface area contributed by atoms with E-state index in [0.717, 1.165) is 11.3 Å². The molecule has 0 aliphatic carbocycles. The Morgan fingerprint density at radius 1 is 0.963 bits per heavy atom. The molecule has 0 radical (unpaired) electrons. The number of aromatic nitrogens is 1. The van der Waals surface area contributed by atoms with Gasteiger partial charge < -0.3 is 22.1 Å². The van der Waals surface area contributed by atoms with Crippen molar-refractivity contribution in [3.05, 3.63) is 95.8 Å². The molecular weight excluding hydrogens is 426 g/mol. The van der Waals surface area contributed by atoms with E-state index in [1.54, 1.807) is 24.3 Å². The summed E-state index contributed by atoms with van der Waals surface area (Å²) in [6.45, 7) is 0. The predicted octanol–water partition coefficient (Wildman–Crippen LogP) is -0.585. The SMILES string of the molecule is CS(=O)(=O)c1ccc(C2(O)Cc3cccc[n+]3C2c2ccccc2)cc1.[Br-]. The molecule has 0 bridgehead atoms. The highest BCUT2D eigenvalue weighted by atomic mass is 79.9. The Morgan fingerprint density at radius 3 is 2.22 bits per heavy atom. The van der Waals surface area contributed by atoms with E-state index < -0.39 is 15.4 Å². The summed E-state index contributed by atoms with van der Waals surface area (Å²) in [6, 6.07) is 22.1. The van der Waals surface area contributed by atoms with E-state index in [1.807, 2.05) is 54.7 Å². The van der Waals surface area contributed by atoms with Crippen molar-refractivity contribution in [3.63, 3.8) is 0 Å². The fourth-order valence-corrected chi connectivity index (χ4v) is 4.45. The third kappa shape index (κ3) is 3.45. The van der Waals surface area contributed by atoms with E-state index in [9.17, 15) is 13.5 Å². The van der Waals surface area contributed by atoms with Gasteiger partial charge in [0.2, 0.25) is 6.04 Å². The molecule has 4 nitrogen and oxygen atoms in total. The van der Waals surface area contributed by atoms with Gasteiger partial charge in [0.15, 0.2) is 27.3 Å². The molecular formula is C21H20BrNO3S. The van der Waals surface area contributed by atoms with Gasteiger partial charge in [0.05, 0.1) is 11.3 Å². The van der Waals surface area contributed by atoms with Crippen LogP contribution in [-0.2, 0) is 21.9 Å². The van der Waals surface area contributed by atoms with Gasteiger partial charge in [-0.3, -0.25) is 0 Å². The van der Waals surface area contributed by atoms with Gasteiger partial charge in [-0.05, 0) is 17.7 Å². The largest absolute Gasteiger partial charge is 1.00 e. The lowest BCUT2D eigenvalue weighted by Crippen LogP contribution is -3.00. The Balaban J connectivity index is 0.00000210. The van der Waals surface area contributed by atoms with E-state index in [2.05, 4.69) is 4.57 Å². The number of fused-ring (bicyclic) bond motifs is 1. The van der Waals surface area contributed by atoms with Crippen LogP contribution in [0.5, 0.6) is 0 Å². The number of sulfone groups is 1. The molecule has 140 valence electrons. The van der Waals surface area contributed by atoms with E-state index in [-0.39, 0.29) is 27.9 Å². The summed E-state index contributed by atoms with van der Waals surface area (Å²) in [7, 11) is -3.27. The summed E-state index contributed by atoms with van der Waals surface area (Å²) >= 11 is 0. The Morgan fingerprint density at radius 2 is 1.59 bits per heavy atom. The van der Waals surface area contributed by atoms with Crippen LogP contribution in [0.4, 0.5) is 0 Å². The summed E-state index contributed by atoms with van der Waals surface area (Å²) in [5.41, 5.74) is 1.61. The van der Waals surface area contributed by atoms with Crippen molar-refractivity contribution in [1.82, 2.24) is 0 Å². The first-order chi connectivity index (χ1) is 12.4. The number of hydrogen-bond acceptors (Lipinski definition) is 3. The van der Waals surface area contributed by atoms with Crippen LogP contribution in [0.25, 0.3) is 0 Å². The van der Waals surface area contributed by atoms with Gasteiger partial charge in [-0.2, -0.15) is 4.57 Å². The van der Waals surface area contributed by atoms with Crippen molar-refractivity contribution in [2.45, 2.75) is 23.0 Å². The fraction of sp³-hybridized carbons (Fsp3) is 0.190. The number of benzene rings is 2. The molecule has 2 atom stereocenters. The summed E-state index contributed by atoms with van der Waals surface area (Å²) in [4.78, 5) is 0.254. The van der Waals surface area contributed by atoms with Gasteiger partial charge in [0, 0.05) is 24.0 Å². The van der Waals surface area contributed by atoms with Gasteiger partial charge in [-0.25, -0.2) is 8.42 Å². The molecule has 1 aliphatic rings. The Kier molecular flexibility index (Phi) is 5.25. The molecule has 2 aromatic carbocycles. The Bertz CT molecular complexity index is 1050. The number of rotatable bonds is 3. The maximum Gasteiger partial charge on any atom is 0.216 e. The number of hydrogen-bond donors (Lipinski definition) is 1. The van der Waals surface area contributed by atoms with E-state index in [1.165, 1.54) is 6.26 Å². The predicted molar refractivity (Wildman–Crippen MR) is 98.4 cm³/mol. The molecule has 2 unspecified atom stereocenters. The minimum absolute atomic E-state index is 0. The molecule has 2 heterocycles. The highest BCUT2D eigenvalue weighted by Crippen LogP contribution is 2.41. The number of aliphatic hydroxyl groups is 1. The highest BCUT2D eigenvalue weighted by Gasteiger charge is 2.53. The number of halogens is 1. The number of nitrogens with zero attached hydrogens (tertiary/aromatic N) is 1. The van der Waals surface area contributed by atoms with Crippen LogP contribution < -0.4 is 21.5 Å². The number of pyridine rings is 1. The molecule has 1 aliphatic heterocycles. The zero-order chi connectivity index (χ0) is 18.4.